The fraction of sp³-hybridized carbons (Fsp3) is 0.0357. The molecule has 0 saturated carbocycles. The Labute approximate surface area is 206 Å². The van der Waals surface area contributed by atoms with Gasteiger partial charge in [0.15, 0.2) is 0 Å². The quantitative estimate of drug-likeness (QED) is 0.241. The van der Waals surface area contributed by atoms with Gasteiger partial charge in [0.25, 0.3) is 5.91 Å². The Morgan fingerprint density at radius 2 is 1.86 bits per heavy atom. The van der Waals surface area contributed by atoms with Crippen molar-refractivity contribution < 1.29 is 9.90 Å². The second kappa shape index (κ2) is 9.87. The summed E-state index contributed by atoms with van der Waals surface area (Å²) in [5, 5.41) is 21.1. The van der Waals surface area contributed by atoms with Crippen LogP contribution in [-0.4, -0.2) is 26.2 Å². The summed E-state index contributed by atoms with van der Waals surface area (Å²) < 4.78 is 0. The van der Waals surface area contributed by atoms with Crippen LogP contribution in [0.15, 0.2) is 94.9 Å². The van der Waals surface area contributed by atoms with Gasteiger partial charge in [0.05, 0.1) is 22.5 Å². The fourth-order valence-electron chi connectivity index (χ4n) is 3.70. The molecule has 0 aliphatic rings. The summed E-state index contributed by atoms with van der Waals surface area (Å²) in [6.07, 6.45) is 5.64. The standard InChI is InChI=1S/C28H22N4O2S/c1-18-16-20(33)10-14-24(18)30-28(34)23-7-2-3-8-27(23)35-21-11-12-22-25(31-32-26(22)17-21)13-9-19-6-4-5-15-29-19/h2-17,33H,1H3,(H,30,34)(H,31,32)/b13-9+. The first-order valence-corrected chi connectivity index (χ1v) is 11.8. The minimum atomic E-state index is -0.202. The zero-order chi connectivity index (χ0) is 24.2. The molecule has 6 nitrogen and oxygen atoms in total. The van der Waals surface area contributed by atoms with Crippen molar-refractivity contribution in [3.05, 3.63) is 108 Å². The van der Waals surface area contributed by atoms with Crippen LogP contribution in [-0.2, 0) is 0 Å². The van der Waals surface area contributed by atoms with Crippen molar-refractivity contribution in [3.63, 3.8) is 0 Å². The molecule has 0 atom stereocenters. The minimum Gasteiger partial charge on any atom is -0.508 e. The number of nitrogens with one attached hydrogen (secondary N) is 2. The number of pyridine rings is 1. The monoisotopic (exact) mass is 478 g/mol. The van der Waals surface area contributed by atoms with E-state index in [0.29, 0.717) is 11.3 Å². The van der Waals surface area contributed by atoms with Gasteiger partial charge in [-0.1, -0.05) is 30.0 Å². The number of benzene rings is 3. The van der Waals surface area contributed by atoms with Gasteiger partial charge in [-0.3, -0.25) is 14.9 Å². The van der Waals surface area contributed by atoms with E-state index in [9.17, 15) is 9.90 Å². The van der Waals surface area contributed by atoms with Crippen molar-refractivity contribution in [1.29, 1.82) is 0 Å². The summed E-state index contributed by atoms with van der Waals surface area (Å²) in [6.45, 7) is 1.84. The molecular weight excluding hydrogens is 456 g/mol. The summed E-state index contributed by atoms with van der Waals surface area (Å²) in [5.41, 5.74) is 4.66. The number of rotatable bonds is 6. The van der Waals surface area contributed by atoms with Crippen molar-refractivity contribution in [2.24, 2.45) is 0 Å². The largest absolute Gasteiger partial charge is 0.508 e. The minimum absolute atomic E-state index is 0.168. The maximum absolute atomic E-state index is 13.1. The van der Waals surface area contributed by atoms with Gasteiger partial charge in [-0.15, -0.1) is 0 Å². The van der Waals surface area contributed by atoms with Crippen LogP contribution in [0.3, 0.4) is 0 Å². The van der Waals surface area contributed by atoms with Crippen LogP contribution in [0.1, 0.15) is 27.3 Å². The second-order valence-electron chi connectivity index (χ2n) is 7.96. The highest BCUT2D eigenvalue weighted by Crippen LogP contribution is 2.33. The average Bonchev–Trinajstić information content (AvgIpc) is 3.27. The van der Waals surface area contributed by atoms with Crippen molar-refractivity contribution in [2.45, 2.75) is 16.7 Å². The molecule has 1 amide bonds. The molecule has 172 valence electrons. The molecule has 2 aromatic heterocycles. The molecule has 7 heteroatoms. The molecule has 0 fully saturated rings. The third-order valence-electron chi connectivity index (χ3n) is 5.48. The van der Waals surface area contributed by atoms with E-state index in [-0.39, 0.29) is 11.7 Å². The first kappa shape index (κ1) is 22.4. The van der Waals surface area contributed by atoms with Crippen LogP contribution in [0, 0.1) is 6.92 Å². The van der Waals surface area contributed by atoms with E-state index in [1.54, 1.807) is 24.4 Å². The molecule has 0 aliphatic carbocycles. The second-order valence-corrected chi connectivity index (χ2v) is 9.07. The molecule has 0 radical (unpaired) electrons. The first-order valence-electron chi connectivity index (χ1n) is 11.0. The highest BCUT2D eigenvalue weighted by Gasteiger charge is 2.14. The van der Waals surface area contributed by atoms with Crippen molar-refractivity contribution in [1.82, 2.24) is 15.2 Å². The molecule has 5 rings (SSSR count). The normalized spacial score (nSPS) is 11.2. The van der Waals surface area contributed by atoms with E-state index in [4.69, 9.17) is 0 Å². The van der Waals surface area contributed by atoms with Crippen LogP contribution in [0.5, 0.6) is 5.75 Å². The van der Waals surface area contributed by atoms with E-state index < -0.39 is 0 Å². The lowest BCUT2D eigenvalue weighted by molar-refractivity contribution is 0.102. The smallest absolute Gasteiger partial charge is 0.256 e. The van der Waals surface area contributed by atoms with Crippen LogP contribution in [0.25, 0.3) is 23.1 Å². The Morgan fingerprint density at radius 1 is 1.00 bits per heavy atom. The summed E-state index contributed by atoms with van der Waals surface area (Å²) in [6, 6.07) is 24.2. The van der Waals surface area contributed by atoms with Crippen LogP contribution >= 0.6 is 11.8 Å². The predicted octanol–water partition coefficient (Wildman–Crippen LogP) is 6.55. The van der Waals surface area contributed by atoms with Gasteiger partial charge in [0, 0.05) is 27.1 Å². The van der Waals surface area contributed by atoms with Gasteiger partial charge < -0.3 is 10.4 Å². The Balaban J connectivity index is 1.37. The van der Waals surface area contributed by atoms with E-state index in [2.05, 4.69) is 20.5 Å². The topological polar surface area (TPSA) is 90.9 Å². The maximum atomic E-state index is 13.1. The fourth-order valence-corrected chi connectivity index (χ4v) is 4.68. The zero-order valence-electron chi connectivity index (χ0n) is 18.9. The predicted molar refractivity (Wildman–Crippen MR) is 141 cm³/mol. The van der Waals surface area contributed by atoms with Crippen molar-refractivity contribution >= 4 is 46.4 Å². The molecular formula is C28H22N4O2S. The van der Waals surface area contributed by atoms with Crippen molar-refractivity contribution in [2.75, 3.05) is 5.32 Å². The Hall–Kier alpha value is -4.36. The number of phenolic OH excluding ortho intramolecular Hbond substituents is 1. The SMILES string of the molecule is Cc1cc(O)ccc1NC(=O)c1ccccc1Sc1ccc2c(/C=C/c3ccccn3)n[nH]c2c1. The van der Waals surface area contributed by atoms with Crippen molar-refractivity contribution in [3.8, 4) is 5.75 Å². The maximum Gasteiger partial charge on any atom is 0.256 e. The van der Waals surface area contributed by atoms with Crippen LogP contribution < -0.4 is 5.32 Å². The number of aromatic nitrogens is 3. The number of hydrogen-bond acceptors (Lipinski definition) is 5. The molecule has 5 aromatic rings. The summed E-state index contributed by atoms with van der Waals surface area (Å²) in [7, 11) is 0. The number of H-pyrrole nitrogens is 1. The number of aromatic amines is 1. The van der Waals surface area contributed by atoms with E-state index >= 15 is 0 Å². The van der Waals surface area contributed by atoms with Gasteiger partial charge in [-0.2, -0.15) is 5.10 Å². The lowest BCUT2D eigenvalue weighted by Gasteiger charge is -2.12. The molecule has 0 bridgehead atoms. The van der Waals surface area contributed by atoms with Crippen LogP contribution in [0.2, 0.25) is 0 Å². The number of fused-ring (bicyclic) bond motifs is 1. The molecule has 0 spiro atoms. The molecule has 35 heavy (non-hydrogen) atoms. The number of carbonyl (C=O) groups excluding carboxylic acids is 1. The van der Waals surface area contributed by atoms with Gasteiger partial charge in [-0.05, 0) is 85.3 Å². The van der Waals surface area contributed by atoms with Gasteiger partial charge >= 0.3 is 0 Å². The number of nitrogens with zero attached hydrogens (tertiary/aromatic N) is 2. The Kier molecular flexibility index (Phi) is 6.32. The highest BCUT2D eigenvalue weighted by molar-refractivity contribution is 7.99. The number of anilines is 1. The molecule has 0 unspecified atom stereocenters. The number of hydrogen-bond donors (Lipinski definition) is 3. The molecule has 0 saturated heterocycles. The third kappa shape index (κ3) is 5.10. The van der Waals surface area contributed by atoms with Crippen LogP contribution in [0.4, 0.5) is 5.69 Å². The van der Waals surface area contributed by atoms with E-state index in [1.807, 2.05) is 79.7 Å². The third-order valence-corrected chi connectivity index (χ3v) is 6.55. The summed E-state index contributed by atoms with van der Waals surface area (Å²) in [4.78, 5) is 19.2. The number of phenols is 1. The molecule has 2 heterocycles. The first-order chi connectivity index (χ1) is 17.1. The lowest BCUT2D eigenvalue weighted by Crippen LogP contribution is -2.13. The molecule has 3 aromatic carbocycles. The zero-order valence-corrected chi connectivity index (χ0v) is 19.7. The number of aryl methyl sites for hydroxylation is 1. The van der Waals surface area contributed by atoms with E-state index in [1.165, 1.54) is 11.8 Å². The molecule has 0 aliphatic heterocycles. The Bertz CT molecular complexity index is 1540. The Morgan fingerprint density at radius 3 is 2.69 bits per heavy atom. The number of aromatic hydroxyl groups is 1. The lowest BCUT2D eigenvalue weighted by atomic mass is 10.1. The van der Waals surface area contributed by atoms with Gasteiger partial charge in [0.2, 0.25) is 0 Å². The highest BCUT2D eigenvalue weighted by atomic mass is 32.2. The number of amides is 1. The summed E-state index contributed by atoms with van der Waals surface area (Å²) in [5.74, 6) is -0.0347. The summed E-state index contributed by atoms with van der Waals surface area (Å²) >= 11 is 1.52. The average molecular weight is 479 g/mol. The van der Waals surface area contributed by atoms with Gasteiger partial charge in [0.1, 0.15) is 5.75 Å². The van der Waals surface area contributed by atoms with Gasteiger partial charge in [-0.25, -0.2) is 0 Å². The van der Waals surface area contributed by atoms with E-state index in [0.717, 1.165) is 37.6 Å². The molecule has 3 N–H and O–H groups in total. The number of carbonyl (C=O) groups is 1.